The van der Waals surface area contributed by atoms with Crippen LogP contribution in [0.5, 0.6) is 0 Å². The highest BCUT2D eigenvalue weighted by atomic mass is 16.6. The van der Waals surface area contributed by atoms with Crippen LogP contribution in [0.2, 0.25) is 0 Å². The van der Waals surface area contributed by atoms with Crippen LogP contribution < -0.4 is 9.80 Å². The largest absolute Gasteiger partial charge is 0.310 e. The molecule has 0 saturated carbocycles. The molecule has 0 radical (unpaired) electrons. The molecule has 0 spiro atoms. The molecule has 10 aromatic rings. The smallest absolute Gasteiger partial charge is 0.269 e. The average molecular weight is 857 g/mol. The molecule has 0 aliphatic rings. The molecule has 316 valence electrons. The van der Waals surface area contributed by atoms with E-state index in [1.54, 1.807) is 36.4 Å². The summed E-state index contributed by atoms with van der Waals surface area (Å²) in [6.45, 7) is 8.13. The number of nitrogens with zero attached hydrogens (tertiary/aromatic N) is 4. The van der Waals surface area contributed by atoms with Gasteiger partial charge in [0.15, 0.2) is 0 Å². The van der Waals surface area contributed by atoms with Crippen molar-refractivity contribution in [3.05, 3.63) is 258 Å². The predicted molar refractivity (Wildman–Crippen MR) is 272 cm³/mol. The van der Waals surface area contributed by atoms with Gasteiger partial charge in [-0.3, -0.25) is 20.2 Å². The zero-order chi connectivity index (χ0) is 45.3. The van der Waals surface area contributed by atoms with Gasteiger partial charge in [0.25, 0.3) is 11.4 Å². The predicted octanol–water partition coefficient (Wildman–Crippen LogP) is 16.3. The third kappa shape index (κ3) is 7.48. The molecule has 0 N–H and O–H groups in total. The molecule has 0 aliphatic heterocycles. The number of allylic oxidation sites excluding steroid dienone is 3. The summed E-state index contributed by atoms with van der Waals surface area (Å²) >= 11 is 0. The lowest BCUT2D eigenvalue weighted by molar-refractivity contribution is -0.385. The van der Waals surface area contributed by atoms with Crippen LogP contribution >= 0.6 is 0 Å². The van der Waals surface area contributed by atoms with E-state index in [-0.39, 0.29) is 16.3 Å². The average Bonchev–Trinajstić information content (AvgIpc) is 3.35. The topological polar surface area (TPSA) is 92.8 Å². The van der Waals surface area contributed by atoms with Crippen LogP contribution in [0.3, 0.4) is 0 Å². The number of non-ortho nitro benzene ring substituents is 2. The van der Waals surface area contributed by atoms with E-state index in [9.17, 15) is 20.2 Å². The molecule has 8 nitrogen and oxygen atoms in total. The quantitative estimate of drug-likeness (QED) is 0.0526. The van der Waals surface area contributed by atoms with Crippen molar-refractivity contribution in [2.75, 3.05) is 9.80 Å². The van der Waals surface area contributed by atoms with E-state index in [1.807, 2.05) is 53.4 Å². The fraction of sp³-hybridized carbons (Fsp3) is 0. The Hall–Kier alpha value is -9.14. The van der Waals surface area contributed by atoms with Gasteiger partial charge in [-0.15, -0.1) is 0 Å². The molecule has 0 aliphatic carbocycles. The molecule has 0 amide bonds. The molecule has 66 heavy (non-hydrogen) atoms. The van der Waals surface area contributed by atoms with Crippen LogP contribution in [0.25, 0.3) is 65.3 Å². The van der Waals surface area contributed by atoms with E-state index >= 15 is 0 Å². The Labute approximate surface area is 380 Å². The Balaban J connectivity index is 1.32. The molecule has 10 aromatic carbocycles. The van der Waals surface area contributed by atoms with E-state index in [2.05, 4.69) is 127 Å². The first-order valence-electron chi connectivity index (χ1n) is 21.4. The summed E-state index contributed by atoms with van der Waals surface area (Å²) in [7, 11) is 0. The van der Waals surface area contributed by atoms with Crippen molar-refractivity contribution in [1.82, 2.24) is 0 Å². The van der Waals surface area contributed by atoms with Crippen LogP contribution in [0.4, 0.5) is 39.8 Å². The molecule has 8 heteroatoms. The number of nitro groups is 2. The summed E-state index contributed by atoms with van der Waals surface area (Å²) in [6, 6.07) is 66.1. The normalized spacial score (nSPS) is 11.5. The minimum Gasteiger partial charge on any atom is -0.310 e. The third-order valence-corrected chi connectivity index (χ3v) is 12.1. The summed E-state index contributed by atoms with van der Waals surface area (Å²) in [4.78, 5) is 26.9. The molecule has 0 bridgehead atoms. The first-order valence-corrected chi connectivity index (χ1v) is 21.4. The van der Waals surface area contributed by atoms with E-state index in [0.29, 0.717) is 5.69 Å². The minimum atomic E-state index is -0.399. The Morgan fingerprint density at radius 3 is 1.36 bits per heavy atom. The van der Waals surface area contributed by atoms with Gasteiger partial charge in [0.2, 0.25) is 0 Å². The number of benzene rings is 10. The summed E-state index contributed by atoms with van der Waals surface area (Å²) in [6.07, 6.45) is 5.33. The van der Waals surface area contributed by atoms with E-state index in [4.69, 9.17) is 0 Å². The highest BCUT2D eigenvalue weighted by Crippen LogP contribution is 2.49. The van der Waals surface area contributed by atoms with E-state index in [1.165, 1.54) is 24.3 Å². The van der Waals surface area contributed by atoms with Gasteiger partial charge in [-0.25, -0.2) is 0 Å². The number of hydrogen-bond acceptors (Lipinski definition) is 6. The second-order valence-corrected chi connectivity index (χ2v) is 15.9. The molecule has 0 aromatic heterocycles. The van der Waals surface area contributed by atoms with Crippen LogP contribution in [0.15, 0.2) is 237 Å². The van der Waals surface area contributed by atoms with Gasteiger partial charge in [0.05, 0.1) is 9.85 Å². The number of para-hydroxylation sites is 1. The maximum Gasteiger partial charge on any atom is 0.269 e. The lowest BCUT2D eigenvalue weighted by Crippen LogP contribution is -2.15. The van der Waals surface area contributed by atoms with Crippen LogP contribution in [-0.4, -0.2) is 9.85 Å². The van der Waals surface area contributed by atoms with Crippen molar-refractivity contribution in [3.63, 3.8) is 0 Å². The molecule has 0 atom stereocenters. The van der Waals surface area contributed by atoms with Crippen molar-refractivity contribution in [2.45, 2.75) is 0 Å². The summed E-state index contributed by atoms with van der Waals surface area (Å²) in [5.41, 5.74) is 8.95. The Morgan fingerprint density at radius 2 is 0.864 bits per heavy atom. The van der Waals surface area contributed by atoms with Gasteiger partial charge in [0.1, 0.15) is 0 Å². The summed E-state index contributed by atoms with van der Waals surface area (Å²) < 4.78 is 0. The lowest BCUT2D eigenvalue weighted by Gasteiger charge is -2.28. The first kappa shape index (κ1) is 40.9. The highest BCUT2D eigenvalue weighted by Gasteiger charge is 2.23. The number of anilines is 5. The van der Waals surface area contributed by atoms with Gasteiger partial charge in [-0.05, 0) is 150 Å². The first-order chi connectivity index (χ1) is 32.3. The molecular formula is C58H40N4O4. The van der Waals surface area contributed by atoms with Crippen molar-refractivity contribution in [3.8, 4) is 22.3 Å². The zero-order valence-corrected chi connectivity index (χ0v) is 35.6. The standard InChI is InChI=1S/C58H40N4O4/c1-3-12-45(4-2)59(47-23-27-49(28-24-47)61(63)64)51-31-33-53-55(37-51)57(43-21-19-39-13-8-10-15-41(39)35-43)54-34-32-52(38-56(54)58(53)44-22-20-40-14-9-11-16-42(40)36-44)60(46-17-6-5-7-18-46)48-25-29-50(30-26-48)62(65)66/h3-38H,1-2H2/b45-12+. The van der Waals surface area contributed by atoms with Crippen LogP contribution in [-0.2, 0) is 0 Å². The lowest BCUT2D eigenvalue weighted by atomic mass is 9.84. The van der Waals surface area contributed by atoms with Crippen molar-refractivity contribution >= 4 is 82.9 Å². The molecular weight excluding hydrogens is 817 g/mol. The van der Waals surface area contributed by atoms with Gasteiger partial charge in [0, 0.05) is 58.4 Å². The molecule has 0 unspecified atom stereocenters. The Morgan fingerprint density at radius 1 is 0.424 bits per heavy atom. The number of fused-ring (bicyclic) bond motifs is 4. The molecule has 0 fully saturated rings. The van der Waals surface area contributed by atoms with E-state index in [0.717, 1.165) is 93.8 Å². The third-order valence-electron chi connectivity index (χ3n) is 12.1. The van der Waals surface area contributed by atoms with Crippen LogP contribution in [0.1, 0.15) is 0 Å². The maximum atomic E-state index is 11.7. The Kier molecular flexibility index (Phi) is 10.7. The molecule has 10 rings (SSSR count). The second-order valence-electron chi connectivity index (χ2n) is 15.9. The van der Waals surface area contributed by atoms with Crippen molar-refractivity contribution in [1.29, 1.82) is 0 Å². The molecule has 0 heterocycles. The van der Waals surface area contributed by atoms with Gasteiger partial charge >= 0.3 is 0 Å². The van der Waals surface area contributed by atoms with Gasteiger partial charge in [-0.2, -0.15) is 0 Å². The fourth-order valence-corrected chi connectivity index (χ4v) is 9.07. The number of rotatable bonds is 12. The van der Waals surface area contributed by atoms with Crippen LogP contribution in [0, 0.1) is 20.2 Å². The zero-order valence-electron chi connectivity index (χ0n) is 35.6. The highest BCUT2D eigenvalue weighted by molar-refractivity contribution is 6.23. The summed E-state index contributed by atoms with van der Waals surface area (Å²) in [5.74, 6) is 0. The Bertz CT molecular complexity index is 3580. The number of hydrogen-bond donors (Lipinski definition) is 0. The minimum absolute atomic E-state index is 0.00562. The maximum absolute atomic E-state index is 11.7. The van der Waals surface area contributed by atoms with Gasteiger partial charge < -0.3 is 9.80 Å². The SMILES string of the molecule is C=C/C=C(\C=C)N(c1ccc([N+](=O)[O-])cc1)c1ccc2c(-c3ccc4ccccc4c3)c3cc(N(c4ccccc4)c4ccc([N+](=O)[O-])cc4)ccc3c(-c3ccc4ccccc4c3)c2c1. The molecule has 0 saturated heterocycles. The monoisotopic (exact) mass is 856 g/mol. The van der Waals surface area contributed by atoms with Crippen molar-refractivity contribution in [2.24, 2.45) is 0 Å². The van der Waals surface area contributed by atoms with E-state index < -0.39 is 4.92 Å². The number of nitro benzene ring substituents is 2. The summed E-state index contributed by atoms with van der Waals surface area (Å²) in [5, 5.41) is 32.0. The van der Waals surface area contributed by atoms with Crippen molar-refractivity contribution < 1.29 is 9.85 Å². The fourth-order valence-electron chi connectivity index (χ4n) is 9.07. The van der Waals surface area contributed by atoms with Gasteiger partial charge in [-0.1, -0.05) is 122 Å². The second kappa shape index (κ2) is 17.2.